The molecule has 6 heterocycles. The molecule has 2 atom stereocenters. The van der Waals surface area contributed by atoms with Crippen LogP contribution in [0.1, 0.15) is 47.4 Å². The molecule has 13 nitrogen and oxygen atoms in total. The van der Waals surface area contributed by atoms with E-state index in [-0.39, 0.29) is 29.5 Å². The molecule has 0 bridgehead atoms. The Hall–Kier alpha value is -3.92. The number of ether oxygens (including phenoxy) is 1. The maximum absolute atomic E-state index is 12.9. The third-order valence-corrected chi connectivity index (χ3v) is 9.67. The fourth-order valence-corrected chi connectivity index (χ4v) is 7.40. The average Bonchev–Trinajstić information content (AvgIpc) is 3.75. The van der Waals surface area contributed by atoms with Crippen molar-refractivity contribution in [3.63, 3.8) is 0 Å². The fourth-order valence-electron chi connectivity index (χ4n) is 5.65. The first kappa shape index (κ1) is 26.9. The molecular formula is C27H29N9O4S2. The summed E-state index contributed by atoms with van der Waals surface area (Å²) < 4.78 is 18.6. The van der Waals surface area contributed by atoms with Gasteiger partial charge in [0.25, 0.3) is 5.91 Å². The minimum Gasteiger partial charge on any atom is -0.439 e. The number of carbonyl (C=O) groups excluding carboxylic acids is 1. The van der Waals surface area contributed by atoms with Gasteiger partial charge in [0.2, 0.25) is 11.4 Å². The number of aromatic nitrogens is 5. The van der Waals surface area contributed by atoms with Crippen LogP contribution in [0.15, 0.2) is 33.1 Å². The molecule has 1 aliphatic heterocycles. The number of nitrogens with two attached hydrogens (primary N) is 2. The van der Waals surface area contributed by atoms with E-state index in [4.69, 9.17) is 25.6 Å². The molecule has 0 spiro atoms. The second-order valence-electron chi connectivity index (χ2n) is 10.6. The van der Waals surface area contributed by atoms with E-state index in [0.717, 1.165) is 36.1 Å². The molecule has 0 aromatic carbocycles. The second-order valence-corrected chi connectivity index (χ2v) is 12.2. The molecule has 1 aliphatic carbocycles. The standard InChI is InChI=1S/C27H29N9O4S2/c28-16-3-1-2-4-17(16)31-27-32-18(22(25(29)38)26-33-30-13-36(26)27)9-14-10-20(42-34-14)15-12-41-24-19(37)11-21(40-23(15)24)35-5-7-39-8-6-35/h10-13,16-17H,1-9,28H2,(H2,29,38)(H,31,32)/t16-,17+/m1/s1. The van der Waals surface area contributed by atoms with E-state index in [9.17, 15) is 9.59 Å². The third-order valence-electron chi connectivity index (χ3n) is 7.84. The molecular weight excluding hydrogens is 578 g/mol. The Morgan fingerprint density at radius 1 is 1.19 bits per heavy atom. The number of amides is 1. The number of hydrogen-bond donors (Lipinski definition) is 3. The molecule has 5 N–H and O–H groups in total. The van der Waals surface area contributed by atoms with Crippen LogP contribution in [0.5, 0.6) is 0 Å². The number of fused-ring (bicyclic) bond motifs is 2. The van der Waals surface area contributed by atoms with Crippen molar-refractivity contribution >= 4 is 56.5 Å². The van der Waals surface area contributed by atoms with Crippen LogP contribution in [0.2, 0.25) is 0 Å². The molecule has 1 amide bonds. The lowest BCUT2D eigenvalue weighted by Crippen LogP contribution is -2.43. The summed E-state index contributed by atoms with van der Waals surface area (Å²) >= 11 is 2.64. The number of hydrogen-bond acceptors (Lipinski definition) is 13. The average molecular weight is 608 g/mol. The van der Waals surface area contributed by atoms with Crippen molar-refractivity contribution in [3.05, 3.63) is 51.0 Å². The van der Waals surface area contributed by atoms with Gasteiger partial charge in [-0.1, -0.05) is 12.8 Å². The third kappa shape index (κ3) is 4.91. The van der Waals surface area contributed by atoms with Crippen LogP contribution in [-0.4, -0.2) is 68.2 Å². The normalized spacial score (nSPS) is 19.5. The predicted molar refractivity (Wildman–Crippen MR) is 160 cm³/mol. The number of rotatable bonds is 7. The zero-order valence-electron chi connectivity index (χ0n) is 22.6. The molecule has 218 valence electrons. The van der Waals surface area contributed by atoms with E-state index in [0.29, 0.717) is 65.5 Å². The van der Waals surface area contributed by atoms with Crippen molar-refractivity contribution in [3.8, 4) is 10.4 Å². The first-order chi connectivity index (χ1) is 20.5. The van der Waals surface area contributed by atoms with Gasteiger partial charge < -0.3 is 30.8 Å². The van der Waals surface area contributed by atoms with E-state index < -0.39 is 5.91 Å². The summed E-state index contributed by atoms with van der Waals surface area (Å²) in [6.07, 6.45) is 5.79. The second kappa shape index (κ2) is 11.1. The number of nitrogens with zero attached hydrogens (tertiary/aromatic N) is 6. The van der Waals surface area contributed by atoms with Gasteiger partial charge in [-0.2, -0.15) is 4.37 Å². The Labute approximate surface area is 247 Å². The number of thiophene rings is 1. The molecule has 42 heavy (non-hydrogen) atoms. The van der Waals surface area contributed by atoms with E-state index in [1.807, 2.05) is 16.3 Å². The van der Waals surface area contributed by atoms with Gasteiger partial charge in [-0.15, -0.1) is 21.5 Å². The molecule has 5 aromatic heterocycles. The first-order valence-corrected chi connectivity index (χ1v) is 15.5. The summed E-state index contributed by atoms with van der Waals surface area (Å²) in [5.74, 6) is 0.400. The smallest absolute Gasteiger partial charge is 0.254 e. The van der Waals surface area contributed by atoms with Crippen LogP contribution in [0.4, 0.5) is 11.8 Å². The van der Waals surface area contributed by atoms with E-state index in [2.05, 4.69) is 19.9 Å². The molecule has 0 radical (unpaired) electrons. The molecule has 2 fully saturated rings. The molecule has 1 saturated heterocycles. The highest BCUT2D eigenvalue weighted by Gasteiger charge is 2.26. The van der Waals surface area contributed by atoms with Crippen molar-refractivity contribution in [1.29, 1.82) is 0 Å². The Morgan fingerprint density at radius 3 is 2.83 bits per heavy atom. The van der Waals surface area contributed by atoms with Crippen LogP contribution >= 0.6 is 22.9 Å². The van der Waals surface area contributed by atoms with Crippen LogP contribution < -0.4 is 27.1 Å². The van der Waals surface area contributed by atoms with Crippen LogP contribution in [-0.2, 0) is 11.2 Å². The highest BCUT2D eigenvalue weighted by molar-refractivity contribution is 7.18. The number of anilines is 2. The molecule has 15 heteroatoms. The lowest BCUT2D eigenvalue weighted by atomic mass is 9.91. The SMILES string of the molecule is NC(=O)c1c(Cc2cc(-c3csc4c(=O)cc(N5CCOCC5)oc34)sn2)nc(N[C@H]2CCCC[C@H]2N)n2cnnc12. The molecule has 1 saturated carbocycles. The van der Waals surface area contributed by atoms with Crippen molar-refractivity contribution in [1.82, 2.24) is 24.0 Å². The number of nitrogens with one attached hydrogen (secondary N) is 1. The summed E-state index contributed by atoms with van der Waals surface area (Å²) in [6, 6.07) is 3.52. The van der Waals surface area contributed by atoms with Crippen molar-refractivity contribution < 1.29 is 13.9 Å². The van der Waals surface area contributed by atoms with Crippen LogP contribution in [0.3, 0.4) is 0 Å². The number of carbonyl (C=O) groups is 1. The summed E-state index contributed by atoms with van der Waals surface area (Å²) in [5.41, 5.74) is 15.1. The van der Waals surface area contributed by atoms with Gasteiger partial charge in [0, 0.05) is 48.6 Å². The van der Waals surface area contributed by atoms with Crippen molar-refractivity contribution in [2.45, 2.75) is 44.2 Å². The first-order valence-electron chi connectivity index (χ1n) is 13.8. The van der Waals surface area contributed by atoms with E-state index >= 15 is 0 Å². The summed E-state index contributed by atoms with van der Waals surface area (Å²) in [4.78, 5) is 33.2. The largest absolute Gasteiger partial charge is 0.439 e. The monoisotopic (exact) mass is 607 g/mol. The highest BCUT2D eigenvalue weighted by atomic mass is 32.1. The van der Waals surface area contributed by atoms with E-state index in [1.165, 1.54) is 29.2 Å². The van der Waals surface area contributed by atoms with Crippen LogP contribution in [0, 0.1) is 0 Å². The van der Waals surface area contributed by atoms with Crippen molar-refractivity contribution in [2.24, 2.45) is 11.5 Å². The Morgan fingerprint density at radius 2 is 2.02 bits per heavy atom. The summed E-state index contributed by atoms with van der Waals surface area (Å²) in [6.45, 7) is 2.49. The zero-order valence-corrected chi connectivity index (χ0v) is 24.2. The summed E-state index contributed by atoms with van der Waals surface area (Å²) in [7, 11) is 0. The Bertz CT molecular complexity index is 1840. The van der Waals surface area contributed by atoms with Gasteiger partial charge in [-0.25, -0.2) is 4.98 Å². The number of primary amides is 1. The maximum atomic E-state index is 12.9. The maximum Gasteiger partial charge on any atom is 0.254 e. The van der Waals surface area contributed by atoms with Gasteiger partial charge >= 0.3 is 0 Å². The van der Waals surface area contributed by atoms with Gasteiger partial charge in [0.1, 0.15) is 16.6 Å². The summed E-state index contributed by atoms with van der Waals surface area (Å²) in [5, 5.41) is 13.6. The Balaban J connectivity index is 1.23. The lowest BCUT2D eigenvalue weighted by molar-refractivity contribution is 0.1000. The fraction of sp³-hybridized carbons (Fsp3) is 0.407. The van der Waals surface area contributed by atoms with Crippen LogP contribution in [0.25, 0.3) is 26.4 Å². The minimum absolute atomic E-state index is 0.00306. The van der Waals surface area contributed by atoms with Gasteiger partial charge in [-0.3, -0.25) is 14.0 Å². The topological polar surface area (TPSA) is 180 Å². The molecule has 2 aliphatic rings. The lowest BCUT2D eigenvalue weighted by Gasteiger charge is -2.30. The molecule has 5 aromatic rings. The zero-order chi connectivity index (χ0) is 28.8. The molecule has 7 rings (SSSR count). The van der Waals surface area contributed by atoms with Gasteiger partial charge in [0.15, 0.2) is 17.1 Å². The molecule has 0 unspecified atom stereocenters. The quantitative estimate of drug-likeness (QED) is 0.247. The Kier molecular flexibility index (Phi) is 7.09. The van der Waals surface area contributed by atoms with Gasteiger partial charge in [-0.05, 0) is 30.4 Å². The van der Waals surface area contributed by atoms with E-state index in [1.54, 1.807) is 10.5 Å². The number of morpholine rings is 1. The van der Waals surface area contributed by atoms with Gasteiger partial charge in [0.05, 0.1) is 29.5 Å². The highest BCUT2D eigenvalue weighted by Crippen LogP contribution is 2.37. The predicted octanol–water partition coefficient (Wildman–Crippen LogP) is 2.62. The minimum atomic E-state index is -0.645. The van der Waals surface area contributed by atoms with Crippen molar-refractivity contribution in [2.75, 3.05) is 36.5 Å².